The van der Waals surface area contributed by atoms with Crippen LogP contribution in [0.5, 0.6) is 0 Å². The van der Waals surface area contributed by atoms with Crippen molar-refractivity contribution in [3.05, 3.63) is 48.0 Å². The highest BCUT2D eigenvalue weighted by Gasteiger charge is 2.25. The summed E-state index contributed by atoms with van der Waals surface area (Å²) in [5, 5.41) is 5.79. The van der Waals surface area contributed by atoms with Gasteiger partial charge in [0, 0.05) is 25.7 Å². The lowest BCUT2D eigenvalue weighted by atomic mass is 9.96. The van der Waals surface area contributed by atoms with Gasteiger partial charge in [0.15, 0.2) is 0 Å². The first-order chi connectivity index (χ1) is 10.1. The fourth-order valence-electron chi connectivity index (χ4n) is 3.03. The molecule has 2 aromatic rings. The van der Waals surface area contributed by atoms with Gasteiger partial charge in [-0.25, -0.2) is 0 Å². The zero-order valence-corrected chi connectivity index (χ0v) is 13.9. The Morgan fingerprint density at radius 3 is 2.68 bits per heavy atom. The number of nitrogens with zero attached hydrogens (tertiary/aromatic N) is 1. The van der Waals surface area contributed by atoms with Crippen molar-refractivity contribution in [2.75, 3.05) is 19.6 Å². The lowest BCUT2D eigenvalue weighted by Gasteiger charge is -2.33. The number of amides is 1. The van der Waals surface area contributed by atoms with Gasteiger partial charge in [-0.3, -0.25) is 4.79 Å². The molecule has 1 heterocycles. The molecule has 3 rings (SSSR count). The Bertz CT molecular complexity index is 658. The molecule has 1 aliphatic rings. The van der Waals surface area contributed by atoms with Crippen LogP contribution >= 0.6 is 12.4 Å². The second kappa shape index (κ2) is 7.12. The van der Waals surface area contributed by atoms with Crippen LogP contribution in [0.2, 0.25) is 0 Å². The Morgan fingerprint density at radius 2 is 1.95 bits per heavy atom. The van der Waals surface area contributed by atoms with E-state index in [0.29, 0.717) is 6.04 Å². The third-order valence-electron chi connectivity index (χ3n) is 4.32. The molecule has 1 fully saturated rings. The number of nitrogens with one attached hydrogen (secondary N) is 1. The number of benzene rings is 2. The normalized spacial score (nSPS) is 19.5. The van der Waals surface area contributed by atoms with Crippen molar-refractivity contribution in [2.45, 2.75) is 25.8 Å². The first-order valence-electron chi connectivity index (χ1n) is 7.66. The summed E-state index contributed by atoms with van der Waals surface area (Å²) in [6.45, 7) is 6.63. The summed E-state index contributed by atoms with van der Waals surface area (Å²) in [5.41, 5.74) is 1.10. The first kappa shape index (κ1) is 16.8. The minimum Gasteiger partial charge on any atom is -0.339 e. The Balaban J connectivity index is 0.00000176. The van der Waals surface area contributed by atoms with Gasteiger partial charge in [-0.05, 0) is 30.2 Å². The van der Waals surface area contributed by atoms with E-state index < -0.39 is 0 Å². The quantitative estimate of drug-likeness (QED) is 0.922. The molecule has 1 saturated heterocycles. The van der Waals surface area contributed by atoms with Gasteiger partial charge in [0.25, 0.3) is 0 Å². The van der Waals surface area contributed by atoms with Gasteiger partial charge in [-0.15, -0.1) is 12.4 Å². The molecule has 2 unspecified atom stereocenters. The van der Waals surface area contributed by atoms with Crippen LogP contribution in [0.4, 0.5) is 0 Å². The molecule has 0 saturated carbocycles. The van der Waals surface area contributed by atoms with Crippen LogP contribution < -0.4 is 5.32 Å². The molecule has 1 aliphatic heterocycles. The number of hydrogen-bond donors (Lipinski definition) is 1. The average Bonchev–Trinajstić information content (AvgIpc) is 2.53. The molecule has 2 atom stereocenters. The van der Waals surface area contributed by atoms with Gasteiger partial charge in [-0.2, -0.15) is 0 Å². The van der Waals surface area contributed by atoms with Crippen LogP contribution in [0.3, 0.4) is 0 Å². The zero-order valence-electron chi connectivity index (χ0n) is 13.1. The molecule has 0 bridgehead atoms. The topological polar surface area (TPSA) is 32.3 Å². The number of carbonyl (C=O) groups excluding carboxylic acids is 1. The standard InChI is InChI=1S/C18H22N2O.ClH/c1-13-12-20(10-9-19-13)18(21)14(2)16-8-7-15-5-3-4-6-17(15)11-16;/h3-8,11,13-14,19H,9-10,12H2,1-2H3;1H. The molecule has 3 nitrogen and oxygen atoms in total. The Hall–Kier alpha value is -1.58. The average molecular weight is 319 g/mol. The van der Waals surface area contributed by atoms with E-state index in [2.05, 4.69) is 42.6 Å². The van der Waals surface area contributed by atoms with E-state index in [4.69, 9.17) is 0 Å². The van der Waals surface area contributed by atoms with Gasteiger partial charge < -0.3 is 10.2 Å². The lowest BCUT2D eigenvalue weighted by Crippen LogP contribution is -2.52. The molecular weight excluding hydrogens is 296 g/mol. The summed E-state index contributed by atoms with van der Waals surface area (Å²) in [6.07, 6.45) is 0. The van der Waals surface area contributed by atoms with Crippen LogP contribution in [-0.4, -0.2) is 36.5 Å². The van der Waals surface area contributed by atoms with E-state index in [1.807, 2.05) is 24.0 Å². The fourth-order valence-corrected chi connectivity index (χ4v) is 3.03. The molecular formula is C18H23ClN2O. The highest BCUT2D eigenvalue weighted by atomic mass is 35.5. The van der Waals surface area contributed by atoms with Gasteiger partial charge in [0.05, 0.1) is 5.92 Å². The zero-order chi connectivity index (χ0) is 14.8. The molecule has 0 aromatic heterocycles. The van der Waals surface area contributed by atoms with Crippen molar-refractivity contribution in [1.82, 2.24) is 10.2 Å². The van der Waals surface area contributed by atoms with Crippen LogP contribution in [-0.2, 0) is 4.79 Å². The van der Waals surface area contributed by atoms with Crippen LogP contribution in [0, 0.1) is 0 Å². The first-order valence-corrected chi connectivity index (χ1v) is 7.66. The van der Waals surface area contributed by atoms with Crippen molar-refractivity contribution < 1.29 is 4.79 Å². The molecule has 1 amide bonds. The summed E-state index contributed by atoms with van der Waals surface area (Å²) < 4.78 is 0. The van der Waals surface area contributed by atoms with Crippen LogP contribution in [0.1, 0.15) is 25.3 Å². The third kappa shape index (κ3) is 3.42. The molecule has 1 N–H and O–H groups in total. The van der Waals surface area contributed by atoms with Gasteiger partial charge >= 0.3 is 0 Å². The third-order valence-corrected chi connectivity index (χ3v) is 4.32. The van der Waals surface area contributed by atoms with E-state index in [1.54, 1.807) is 0 Å². The second-order valence-corrected chi connectivity index (χ2v) is 5.97. The molecule has 118 valence electrons. The van der Waals surface area contributed by atoms with E-state index in [1.165, 1.54) is 10.8 Å². The van der Waals surface area contributed by atoms with E-state index >= 15 is 0 Å². The number of piperazine rings is 1. The molecule has 22 heavy (non-hydrogen) atoms. The largest absolute Gasteiger partial charge is 0.339 e. The monoisotopic (exact) mass is 318 g/mol. The van der Waals surface area contributed by atoms with E-state index in [-0.39, 0.29) is 24.2 Å². The van der Waals surface area contributed by atoms with Crippen molar-refractivity contribution in [3.8, 4) is 0 Å². The predicted molar refractivity (Wildman–Crippen MR) is 93.7 cm³/mol. The number of rotatable bonds is 2. The Kier molecular flexibility index (Phi) is 5.43. The SMILES string of the molecule is CC1CN(C(=O)C(C)c2ccc3ccccc3c2)CCN1.Cl. The summed E-state index contributed by atoms with van der Waals surface area (Å²) >= 11 is 0. The second-order valence-electron chi connectivity index (χ2n) is 5.97. The summed E-state index contributed by atoms with van der Waals surface area (Å²) in [4.78, 5) is 14.7. The minimum absolute atomic E-state index is 0. The van der Waals surface area contributed by atoms with Gasteiger partial charge in [0.1, 0.15) is 0 Å². The van der Waals surface area contributed by atoms with Gasteiger partial charge in [0.2, 0.25) is 5.91 Å². The number of carbonyl (C=O) groups is 1. The van der Waals surface area contributed by atoms with Crippen LogP contribution in [0.15, 0.2) is 42.5 Å². The predicted octanol–water partition coefficient (Wildman–Crippen LogP) is 3.19. The summed E-state index contributed by atoms with van der Waals surface area (Å²) in [6, 6.07) is 15.0. The highest BCUT2D eigenvalue weighted by Crippen LogP contribution is 2.23. The molecule has 0 spiro atoms. The lowest BCUT2D eigenvalue weighted by molar-refractivity contribution is -0.133. The fraction of sp³-hybridized carbons (Fsp3) is 0.389. The Morgan fingerprint density at radius 1 is 1.23 bits per heavy atom. The number of fused-ring (bicyclic) bond motifs is 1. The van der Waals surface area contributed by atoms with Crippen molar-refractivity contribution in [3.63, 3.8) is 0 Å². The number of hydrogen-bond acceptors (Lipinski definition) is 2. The van der Waals surface area contributed by atoms with Crippen molar-refractivity contribution in [1.29, 1.82) is 0 Å². The summed E-state index contributed by atoms with van der Waals surface area (Å²) in [5.74, 6) is 0.151. The Labute approximate surface area is 138 Å². The van der Waals surface area contributed by atoms with Gasteiger partial charge in [-0.1, -0.05) is 42.5 Å². The smallest absolute Gasteiger partial charge is 0.229 e. The molecule has 0 aliphatic carbocycles. The van der Waals surface area contributed by atoms with E-state index in [0.717, 1.165) is 25.2 Å². The van der Waals surface area contributed by atoms with Crippen molar-refractivity contribution >= 4 is 29.1 Å². The molecule has 0 radical (unpaired) electrons. The molecule has 4 heteroatoms. The van der Waals surface area contributed by atoms with Crippen LogP contribution in [0.25, 0.3) is 10.8 Å². The minimum atomic E-state index is -0.0834. The number of halogens is 1. The maximum atomic E-state index is 12.7. The molecule has 2 aromatic carbocycles. The highest BCUT2D eigenvalue weighted by molar-refractivity contribution is 5.87. The summed E-state index contributed by atoms with van der Waals surface area (Å²) in [7, 11) is 0. The van der Waals surface area contributed by atoms with E-state index in [9.17, 15) is 4.79 Å². The van der Waals surface area contributed by atoms with Crippen molar-refractivity contribution in [2.24, 2.45) is 0 Å². The maximum absolute atomic E-state index is 12.7. The maximum Gasteiger partial charge on any atom is 0.229 e.